The quantitative estimate of drug-likeness (QED) is 0.518. The molecule has 2 aromatic carbocycles. The van der Waals surface area contributed by atoms with Crippen molar-refractivity contribution in [2.24, 2.45) is 0 Å². The van der Waals surface area contributed by atoms with E-state index in [-0.39, 0.29) is 12.1 Å². The first kappa shape index (κ1) is 22.6. The third-order valence-electron chi connectivity index (χ3n) is 6.37. The molecule has 1 atom stereocenters. The summed E-state index contributed by atoms with van der Waals surface area (Å²) in [5.74, 6) is -0.883. The second-order valence-corrected chi connectivity index (χ2v) is 8.74. The number of anilines is 1. The SMILES string of the molecule is C=C(F)C(=O)N1CCN(c2nc(OC)nc3c2COC(c2cccc4cccc(Cl)c24)C3)CC1. The van der Waals surface area contributed by atoms with Gasteiger partial charge in [0.05, 0.1) is 25.5 Å². The predicted octanol–water partition coefficient (Wildman–Crippen LogP) is 4.24. The lowest BCUT2D eigenvalue weighted by atomic mass is 9.94. The normalized spacial score (nSPS) is 18.0. The van der Waals surface area contributed by atoms with Crippen LogP contribution in [0.2, 0.25) is 5.02 Å². The highest BCUT2D eigenvalue weighted by atomic mass is 35.5. The molecule has 2 aliphatic heterocycles. The summed E-state index contributed by atoms with van der Waals surface area (Å²) in [4.78, 5) is 24.7. The lowest BCUT2D eigenvalue weighted by Crippen LogP contribution is -2.49. The van der Waals surface area contributed by atoms with Gasteiger partial charge < -0.3 is 19.3 Å². The van der Waals surface area contributed by atoms with Crippen molar-refractivity contribution in [3.05, 3.63) is 70.6 Å². The molecule has 7 nitrogen and oxygen atoms in total. The van der Waals surface area contributed by atoms with E-state index < -0.39 is 11.7 Å². The van der Waals surface area contributed by atoms with Gasteiger partial charge in [-0.3, -0.25) is 4.79 Å². The van der Waals surface area contributed by atoms with Crippen molar-refractivity contribution >= 4 is 34.1 Å². The first-order valence-corrected chi connectivity index (χ1v) is 11.4. The molecule has 176 valence electrons. The number of methoxy groups -OCH3 is 1. The molecule has 5 rings (SSSR count). The number of piperazine rings is 1. The Labute approximate surface area is 201 Å². The van der Waals surface area contributed by atoms with E-state index in [1.807, 2.05) is 36.4 Å². The van der Waals surface area contributed by atoms with Crippen LogP contribution < -0.4 is 9.64 Å². The van der Waals surface area contributed by atoms with Crippen molar-refractivity contribution in [3.8, 4) is 6.01 Å². The van der Waals surface area contributed by atoms with E-state index in [0.717, 1.165) is 33.4 Å². The molecule has 3 heterocycles. The van der Waals surface area contributed by atoms with E-state index in [4.69, 9.17) is 21.1 Å². The third kappa shape index (κ3) is 4.08. The van der Waals surface area contributed by atoms with Gasteiger partial charge in [-0.1, -0.05) is 48.5 Å². The van der Waals surface area contributed by atoms with Gasteiger partial charge in [0, 0.05) is 48.6 Å². The number of fused-ring (bicyclic) bond motifs is 2. The van der Waals surface area contributed by atoms with E-state index >= 15 is 0 Å². The average molecular weight is 483 g/mol. The standard InChI is InChI=1S/C25H24ClFN4O3/c1-15(27)24(32)31-11-9-30(10-12-31)23-18-14-34-21(13-20(18)28-25(29-23)33-2)17-7-3-5-16-6-4-8-19(26)22(16)17/h3-8,21H,1,9-14H2,2H3. The molecule has 0 aliphatic carbocycles. The van der Waals surface area contributed by atoms with Gasteiger partial charge in [-0.05, 0) is 17.0 Å². The summed E-state index contributed by atoms with van der Waals surface area (Å²) in [6.45, 7) is 5.21. The summed E-state index contributed by atoms with van der Waals surface area (Å²) < 4.78 is 25.0. The van der Waals surface area contributed by atoms with Crippen LogP contribution in [0.15, 0.2) is 48.8 Å². The first-order valence-electron chi connectivity index (χ1n) is 11.1. The van der Waals surface area contributed by atoms with Crippen molar-refractivity contribution < 1.29 is 18.7 Å². The second kappa shape index (κ2) is 9.19. The molecular weight excluding hydrogens is 459 g/mol. The summed E-state index contributed by atoms with van der Waals surface area (Å²) >= 11 is 6.54. The monoisotopic (exact) mass is 482 g/mol. The fourth-order valence-corrected chi connectivity index (χ4v) is 4.96. The van der Waals surface area contributed by atoms with Gasteiger partial charge in [-0.25, -0.2) is 4.39 Å². The molecule has 1 amide bonds. The summed E-state index contributed by atoms with van der Waals surface area (Å²) in [5.41, 5.74) is 2.78. The Bertz CT molecular complexity index is 1270. The smallest absolute Gasteiger partial charge is 0.318 e. The van der Waals surface area contributed by atoms with Crippen molar-refractivity contribution in [1.82, 2.24) is 14.9 Å². The number of amides is 1. The van der Waals surface area contributed by atoms with Crippen LogP contribution in [-0.4, -0.2) is 54.1 Å². The Kier molecular flexibility index (Phi) is 6.10. The van der Waals surface area contributed by atoms with Crippen molar-refractivity contribution in [1.29, 1.82) is 0 Å². The van der Waals surface area contributed by atoms with Gasteiger partial charge in [-0.15, -0.1) is 0 Å². The maximum absolute atomic E-state index is 13.3. The van der Waals surface area contributed by atoms with Gasteiger partial charge in [-0.2, -0.15) is 9.97 Å². The van der Waals surface area contributed by atoms with E-state index in [9.17, 15) is 9.18 Å². The van der Waals surface area contributed by atoms with E-state index in [1.54, 1.807) is 0 Å². The molecule has 1 fully saturated rings. The van der Waals surface area contributed by atoms with Gasteiger partial charge in [0.15, 0.2) is 5.83 Å². The van der Waals surface area contributed by atoms with Gasteiger partial charge >= 0.3 is 6.01 Å². The summed E-state index contributed by atoms with van der Waals surface area (Å²) in [7, 11) is 1.54. The van der Waals surface area contributed by atoms with E-state index in [2.05, 4.69) is 21.4 Å². The van der Waals surface area contributed by atoms with Crippen LogP contribution >= 0.6 is 11.6 Å². The minimum Gasteiger partial charge on any atom is -0.467 e. The fraction of sp³-hybridized carbons (Fsp3) is 0.320. The number of rotatable bonds is 4. The van der Waals surface area contributed by atoms with Crippen LogP contribution in [0.4, 0.5) is 10.2 Å². The molecule has 0 saturated carbocycles. The van der Waals surface area contributed by atoms with Crippen LogP contribution in [0, 0.1) is 0 Å². The molecule has 1 unspecified atom stereocenters. The first-order chi connectivity index (χ1) is 16.5. The molecule has 0 bridgehead atoms. The number of benzene rings is 2. The lowest BCUT2D eigenvalue weighted by molar-refractivity contribution is -0.128. The number of aromatic nitrogens is 2. The van der Waals surface area contributed by atoms with E-state index in [1.165, 1.54) is 12.0 Å². The summed E-state index contributed by atoms with van der Waals surface area (Å²) in [6, 6.07) is 12.2. The van der Waals surface area contributed by atoms with Crippen LogP contribution in [0.1, 0.15) is 22.9 Å². The van der Waals surface area contributed by atoms with Crippen LogP contribution in [0.5, 0.6) is 6.01 Å². The Morgan fingerprint density at radius 1 is 1.18 bits per heavy atom. The van der Waals surface area contributed by atoms with Gasteiger partial charge in [0.25, 0.3) is 5.91 Å². The zero-order valence-corrected chi connectivity index (χ0v) is 19.5. The molecule has 9 heteroatoms. The highest BCUT2D eigenvalue weighted by Crippen LogP contribution is 2.39. The largest absolute Gasteiger partial charge is 0.467 e. The minimum atomic E-state index is -0.942. The highest BCUT2D eigenvalue weighted by Gasteiger charge is 2.31. The Hall–Kier alpha value is -3.23. The van der Waals surface area contributed by atoms with E-state index in [0.29, 0.717) is 44.2 Å². The van der Waals surface area contributed by atoms with Crippen LogP contribution in [-0.2, 0) is 22.6 Å². The molecule has 0 N–H and O–H groups in total. The maximum Gasteiger partial charge on any atom is 0.318 e. The number of hydrogen-bond donors (Lipinski definition) is 0. The number of carbonyl (C=O) groups is 1. The molecule has 1 saturated heterocycles. The Morgan fingerprint density at radius 2 is 1.91 bits per heavy atom. The number of hydrogen-bond acceptors (Lipinski definition) is 6. The van der Waals surface area contributed by atoms with Crippen LogP contribution in [0.3, 0.4) is 0 Å². The molecule has 0 radical (unpaired) electrons. The topological polar surface area (TPSA) is 67.8 Å². The summed E-state index contributed by atoms with van der Waals surface area (Å²) in [6.07, 6.45) is 0.333. The predicted molar refractivity (Wildman–Crippen MR) is 128 cm³/mol. The van der Waals surface area contributed by atoms with Gasteiger partial charge in [0.1, 0.15) is 5.82 Å². The van der Waals surface area contributed by atoms with Crippen molar-refractivity contribution in [2.75, 3.05) is 38.2 Å². The summed E-state index contributed by atoms with van der Waals surface area (Å²) in [5, 5.41) is 2.73. The molecule has 3 aromatic rings. The third-order valence-corrected chi connectivity index (χ3v) is 6.69. The minimum absolute atomic E-state index is 0.214. The molecule has 0 spiro atoms. The number of halogens is 2. The fourth-order valence-electron chi connectivity index (χ4n) is 4.67. The molecule has 34 heavy (non-hydrogen) atoms. The Morgan fingerprint density at radius 3 is 2.62 bits per heavy atom. The van der Waals surface area contributed by atoms with Crippen molar-refractivity contribution in [3.63, 3.8) is 0 Å². The second-order valence-electron chi connectivity index (χ2n) is 8.33. The molecular formula is C25H24ClFN4O3. The number of ether oxygens (including phenoxy) is 2. The zero-order valence-electron chi connectivity index (χ0n) is 18.8. The van der Waals surface area contributed by atoms with Crippen LogP contribution in [0.25, 0.3) is 10.8 Å². The zero-order chi connectivity index (χ0) is 23.8. The lowest BCUT2D eigenvalue weighted by Gasteiger charge is -2.37. The molecule has 1 aromatic heterocycles. The van der Waals surface area contributed by atoms with Crippen molar-refractivity contribution in [2.45, 2.75) is 19.1 Å². The average Bonchev–Trinajstić information content (AvgIpc) is 2.87. The number of carbonyl (C=O) groups excluding carboxylic acids is 1. The number of nitrogens with zero attached hydrogens (tertiary/aromatic N) is 4. The van der Waals surface area contributed by atoms with Gasteiger partial charge in [0.2, 0.25) is 0 Å². The maximum atomic E-state index is 13.3. The Balaban J connectivity index is 1.44. The molecule has 2 aliphatic rings. The highest BCUT2D eigenvalue weighted by molar-refractivity contribution is 6.35.